The van der Waals surface area contributed by atoms with Crippen LogP contribution in [0.5, 0.6) is 0 Å². The molecule has 0 aromatic rings. The van der Waals surface area contributed by atoms with Crippen LogP contribution in [0.2, 0.25) is 0 Å². The SMILES string of the molecule is CCCCCCCCCCC(CCCC)NC(=O)O. The summed E-state index contributed by atoms with van der Waals surface area (Å²) in [6, 6.07) is 0.164. The molecule has 0 heterocycles. The molecule has 0 aromatic heterocycles. The average Bonchev–Trinajstić information content (AvgIpc) is 2.38. The van der Waals surface area contributed by atoms with E-state index in [9.17, 15) is 4.79 Å². The van der Waals surface area contributed by atoms with Gasteiger partial charge in [0.05, 0.1) is 0 Å². The van der Waals surface area contributed by atoms with Gasteiger partial charge in [-0.25, -0.2) is 4.79 Å². The lowest BCUT2D eigenvalue weighted by Crippen LogP contribution is -2.33. The van der Waals surface area contributed by atoms with Crippen molar-refractivity contribution in [3.05, 3.63) is 0 Å². The first kappa shape index (κ1) is 18.3. The van der Waals surface area contributed by atoms with Crippen LogP contribution in [-0.2, 0) is 0 Å². The fourth-order valence-corrected chi connectivity index (χ4v) is 2.44. The number of carbonyl (C=O) groups is 1. The zero-order valence-corrected chi connectivity index (χ0v) is 12.9. The summed E-state index contributed by atoms with van der Waals surface area (Å²) in [6.45, 7) is 4.39. The van der Waals surface area contributed by atoms with Crippen LogP contribution in [0, 0.1) is 0 Å². The van der Waals surface area contributed by atoms with E-state index in [4.69, 9.17) is 5.11 Å². The van der Waals surface area contributed by atoms with Crippen LogP contribution in [0.1, 0.15) is 90.9 Å². The van der Waals surface area contributed by atoms with Crippen LogP contribution in [0.25, 0.3) is 0 Å². The summed E-state index contributed by atoms with van der Waals surface area (Å²) < 4.78 is 0. The molecule has 2 N–H and O–H groups in total. The second kappa shape index (κ2) is 13.7. The van der Waals surface area contributed by atoms with Gasteiger partial charge in [0.1, 0.15) is 0 Å². The monoisotopic (exact) mass is 271 g/mol. The van der Waals surface area contributed by atoms with Gasteiger partial charge in [0, 0.05) is 6.04 Å². The van der Waals surface area contributed by atoms with E-state index in [0.29, 0.717) is 0 Å². The van der Waals surface area contributed by atoms with E-state index in [1.807, 2.05) is 0 Å². The Morgan fingerprint density at radius 3 is 1.84 bits per heavy atom. The summed E-state index contributed by atoms with van der Waals surface area (Å²) in [5.41, 5.74) is 0. The van der Waals surface area contributed by atoms with Crippen molar-refractivity contribution >= 4 is 6.09 Å². The second-order valence-corrected chi connectivity index (χ2v) is 5.55. The van der Waals surface area contributed by atoms with Crippen molar-refractivity contribution in [1.29, 1.82) is 0 Å². The summed E-state index contributed by atoms with van der Waals surface area (Å²) in [5, 5.41) is 11.4. The molecule has 3 nitrogen and oxygen atoms in total. The second-order valence-electron chi connectivity index (χ2n) is 5.55. The maximum absolute atomic E-state index is 10.7. The molecule has 0 saturated heterocycles. The fourth-order valence-electron chi connectivity index (χ4n) is 2.44. The molecule has 114 valence electrons. The van der Waals surface area contributed by atoms with Gasteiger partial charge in [0.25, 0.3) is 0 Å². The summed E-state index contributed by atoms with van der Waals surface area (Å²) in [6.07, 6.45) is 13.8. The first-order chi connectivity index (χ1) is 9.20. The Bertz CT molecular complexity index is 207. The number of hydrogen-bond donors (Lipinski definition) is 2. The number of hydrogen-bond acceptors (Lipinski definition) is 1. The minimum Gasteiger partial charge on any atom is -0.465 e. The first-order valence-electron chi connectivity index (χ1n) is 8.20. The van der Waals surface area contributed by atoms with Gasteiger partial charge in [-0.1, -0.05) is 78.1 Å². The van der Waals surface area contributed by atoms with Crippen molar-refractivity contribution < 1.29 is 9.90 Å². The van der Waals surface area contributed by atoms with E-state index in [2.05, 4.69) is 19.2 Å². The lowest BCUT2D eigenvalue weighted by Gasteiger charge is -2.16. The summed E-state index contributed by atoms with van der Waals surface area (Å²) in [5.74, 6) is 0. The molecule has 0 aliphatic carbocycles. The third kappa shape index (κ3) is 13.5. The number of nitrogens with one attached hydrogen (secondary N) is 1. The lowest BCUT2D eigenvalue weighted by atomic mass is 10.0. The van der Waals surface area contributed by atoms with Gasteiger partial charge < -0.3 is 10.4 Å². The van der Waals surface area contributed by atoms with Crippen molar-refractivity contribution in [2.75, 3.05) is 0 Å². The van der Waals surface area contributed by atoms with Gasteiger partial charge in [0.15, 0.2) is 0 Å². The molecule has 3 heteroatoms. The van der Waals surface area contributed by atoms with Crippen LogP contribution in [0.3, 0.4) is 0 Å². The number of unbranched alkanes of at least 4 members (excludes halogenated alkanes) is 8. The van der Waals surface area contributed by atoms with Gasteiger partial charge in [-0.3, -0.25) is 0 Å². The topological polar surface area (TPSA) is 49.3 Å². The molecule has 0 saturated carbocycles. The Morgan fingerprint density at radius 2 is 1.32 bits per heavy atom. The average molecular weight is 271 g/mol. The van der Waals surface area contributed by atoms with Gasteiger partial charge in [0.2, 0.25) is 0 Å². The van der Waals surface area contributed by atoms with E-state index in [0.717, 1.165) is 32.1 Å². The summed E-state index contributed by atoms with van der Waals surface area (Å²) in [7, 11) is 0. The molecule has 1 unspecified atom stereocenters. The molecule has 0 spiro atoms. The van der Waals surface area contributed by atoms with Crippen LogP contribution >= 0.6 is 0 Å². The minimum atomic E-state index is -0.874. The third-order valence-electron chi connectivity index (χ3n) is 3.64. The smallest absolute Gasteiger partial charge is 0.404 e. The molecule has 0 radical (unpaired) electrons. The molecule has 0 fully saturated rings. The van der Waals surface area contributed by atoms with Gasteiger partial charge in [-0.2, -0.15) is 0 Å². The Kier molecular flexibility index (Phi) is 13.2. The van der Waals surface area contributed by atoms with E-state index in [1.165, 1.54) is 44.9 Å². The van der Waals surface area contributed by atoms with Crippen molar-refractivity contribution in [2.45, 2.75) is 96.9 Å². The predicted octanol–water partition coefficient (Wildman–Crippen LogP) is 5.34. The van der Waals surface area contributed by atoms with Crippen LogP contribution in [0.15, 0.2) is 0 Å². The molecule has 0 aliphatic rings. The van der Waals surface area contributed by atoms with Crippen LogP contribution in [0.4, 0.5) is 4.79 Å². The lowest BCUT2D eigenvalue weighted by molar-refractivity contribution is 0.187. The Morgan fingerprint density at radius 1 is 0.842 bits per heavy atom. The maximum atomic E-state index is 10.7. The maximum Gasteiger partial charge on any atom is 0.404 e. The van der Waals surface area contributed by atoms with Gasteiger partial charge in [-0.15, -0.1) is 0 Å². The molecular weight excluding hydrogens is 238 g/mol. The van der Waals surface area contributed by atoms with Crippen molar-refractivity contribution in [3.63, 3.8) is 0 Å². The zero-order chi connectivity index (χ0) is 14.3. The highest BCUT2D eigenvalue weighted by atomic mass is 16.4. The Labute approximate surface area is 119 Å². The fraction of sp³-hybridized carbons (Fsp3) is 0.938. The largest absolute Gasteiger partial charge is 0.465 e. The number of rotatable bonds is 13. The van der Waals surface area contributed by atoms with E-state index < -0.39 is 6.09 Å². The third-order valence-corrected chi connectivity index (χ3v) is 3.64. The Hall–Kier alpha value is -0.730. The van der Waals surface area contributed by atoms with E-state index in [-0.39, 0.29) is 6.04 Å². The highest BCUT2D eigenvalue weighted by Gasteiger charge is 2.10. The molecule has 0 aromatic carbocycles. The molecule has 1 amide bonds. The molecule has 1 atom stereocenters. The molecular formula is C16H33NO2. The minimum absolute atomic E-state index is 0.164. The molecule has 19 heavy (non-hydrogen) atoms. The van der Waals surface area contributed by atoms with Crippen LogP contribution in [-0.4, -0.2) is 17.2 Å². The van der Waals surface area contributed by atoms with Crippen molar-refractivity contribution in [1.82, 2.24) is 5.32 Å². The summed E-state index contributed by atoms with van der Waals surface area (Å²) in [4.78, 5) is 10.7. The molecule has 0 aliphatic heterocycles. The Balaban J connectivity index is 3.48. The molecule has 0 bridgehead atoms. The van der Waals surface area contributed by atoms with Crippen LogP contribution < -0.4 is 5.32 Å². The summed E-state index contributed by atoms with van der Waals surface area (Å²) >= 11 is 0. The van der Waals surface area contributed by atoms with Crippen molar-refractivity contribution in [2.24, 2.45) is 0 Å². The number of carboxylic acid groups (broad SMARTS) is 1. The van der Waals surface area contributed by atoms with Gasteiger partial charge >= 0.3 is 6.09 Å². The van der Waals surface area contributed by atoms with E-state index >= 15 is 0 Å². The first-order valence-corrected chi connectivity index (χ1v) is 8.20. The van der Waals surface area contributed by atoms with E-state index in [1.54, 1.807) is 0 Å². The van der Waals surface area contributed by atoms with Crippen molar-refractivity contribution in [3.8, 4) is 0 Å². The number of amides is 1. The highest BCUT2D eigenvalue weighted by molar-refractivity contribution is 5.64. The van der Waals surface area contributed by atoms with Gasteiger partial charge in [-0.05, 0) is 12.8 Å². The normalized spacial score (nSPS) is 12.3. The molecule has 0 rings (SSSR count). The highest BCUT2D eigenvalue weighted by Crippen LogP contribution is 2.13. The zero-order valence-electron chi connectivity index (χ0n) is 12.9. The standard InChI is InChI=1S/C16H33NO2/c1-3-5-7-8-9-10-11-12-14-15(13-6-4-2)17-16(18)19/h15,17H,3-14H2,1-2H3,(H,18,19). The predicted molar refractivity (Wildman–Crippen MR) is 81.7 cm³/mol. The quantitative estimate of drug-likeness (QED) is 0.444.